The van der Waals surface area contributed by atoms with Crippen molar-refractivity contribution < 1.29 is 26.4 Å². The molecule has 0 aliphatic heterocycles. The van der Waals surface area contributed by atoms with Crippen molar-refractivity contribution in [1.29, 1.82) is 0 Å². The molecule has 0 aromatic heterocycles. The van der Waals surface area contributed by atoms with Crippen LogP contribution >= 0.6 is 24.8 Å². The third kappa shape index (κ3) is 111. The number of aliphatic carboxylic acids is 1. The van der Waals surface area contributed by atoms with E-state index in [9.17, 15) is 0 Å². The SMILES string of the molecule is CC(=O)O.Cl.Cl.[CH2-]CCCCC.[Ni]. The number of hydrogen-bond acceptors (Lipinski definition) is 1. The van der Waals surface area contributed by atoms with Gasteiger partial charge in [-0.3, -0.25) is 4.79 Å². The van der Waals surface area contributed by atoms with Crippen molar-refractivity contribution in [1.82, 2.24) is 0 Å². The fraction of sp³-hybridized carbons (Fsp3) is 0.750. The molecule has 0 aromatic carbocycles. The molecule has 0 bridgehead atoms. The summed E-state index contributed by atoms with van der Waals surface area (Å²) in [4.78, 5) is 9.00. The molecule has 0 aromatic rings. The van der Waals surface area contributed by atoms with E-state index < -0.39 is 5.97 Å². The van der Waals surface area contributed by atoms with E-state index in [2.05, 4.69) is 13.8 Å². The van der Waals surface area contributed by atoms with Crippen LogP contribution in [0.3, 0.4) is 0 Å². The largest absolute Gasteiger partial charge is 0.481 e. The Labute approximate surface area is 104 Å². The third-order valence-electron chi connectivity index (χ3n) is 0.854. The van der Waals surface area contributed by atoms with Gasteiger partial charge in [-0.15, -0.1) is 24.8 Å². The van der Waals surface area contributed by atoms with Crippen molar-refractivity contribution in [3.63, 3.8) is 0 Å². The Hall–Kier alpha value is 0.544. The quantitative estimate of drug-likeness (QED) is 0.488. The van der Waals surface area contributed by atoms with Gasteiger partial charge in [0.25, 0.3) is 5.97 Å². The Balaban J connectivity index is -0.0000000279. The molecule has 5 heteroatoms. The van der Waals surface area contributed by atoms with Crippen LogP contribution < -0.4 is 0 Å². The minimum atomic E-state index is -0.833. The molecule has 0 radical (unpaired) electrons. The summed E-state index contributed by atoms with van der Waals surface area (Å²) in [5.41, 5.74) is 0. The number of halogens is 2. The smallest absolute Gasteiger partial charge is 0.300 e. The molecule has 13 heavy (non-hydrogen) atoms. The van der Waals surface area contributed by atoms with Crippen molar-refractivity contribution >= 4 is 30.8 Å². The van der Waals surface area contributed by atoms with E-state index in [1.165, 1.54) is 19.3 Å². The zero-order valence-electron chi connectivity index (χ0n) is 8.02. The van der Waals surface area contributed by atoms with E-state index in [0.717, 1.165) is 13.3 Å². The zero-order chi connectivity index (χ0) is 8.41. The normalized spacial score (nSPS) is 6.08. The second kappa shape index (κ2) is 29.4. The van der Waals surface area contributed by atoms with Crippen LogP contribution in [0, 0.1) is 6.92 Å². The van der Waals surface area contributed by atoms with Gasteiger partial charge in [-0.1, -0.05) is 26.2 Å². The van der Waals surface area contributed by atoms with Gasteiger partial charge in [-0.2, -0.15) is 6.42 Å². The van der Waals surface area contributed by atoms with E-state index >= 15 is 0 Å². The van der Waals surface area contributed by atoms with Crippen molar-refractivity contribution in [2.75, 3.05) is 0 Å². The van der Waals surface area contributed by atoms with Crippen LogP contribution in [-0.4, -0.2) is 11.1 Å². The number of carboxylic acid groups (broad SMARTS) is 1. The summed E-state index contributed by atoms with van der Waals surface area (Å²) in [7, 11) is 0. The van der Waals surface area contributed by atoms with E-state index in [4.69, 9.17) is 9.90 Å². The third-order valence-corrected chi connectivity index (χ3v) is 0.854. The first-order valence-corrected chi connectivity index (χ1v) is 3.63. The fourth-order valence-electron chi connectivity index (χ4n) is 0.427. The molecule has 0 unspecified atom stereocenters. The molecule has 0 atom stereocenters. The average molecular weight is 277 g/mol. The number of unbranched alkanes of at least 4 members (excludes halogenated alkanes) is 3. The molecule has 0 saturated carbocycles. The second-order valence-electron chi connectivity index (χ2n) is 2.08. The minimum Gasteiger partial charge on any atom is -0.481 e. The Morgan fingerprint density at radius 1 is 1.31 bits per heavy atom. The maximum Gasteiger partial charge on any atom is 0.300 e. The van der Waals surface area contributed by atoms with Crippen LogP contribution in [0.4, 0.5) is 0 Å². The van der Waals surface area contributed by atoms with Gasteiger partial charge in [0.05, 0.1) is 0 Å². The van der Waals surface area contributed by atoms with Crippen LogP contribution in [-0.2, 0) is 21.3 Å². The van der Waals surface area contributed by atoms with Gasteiger partial charge in [0.1, 0.15) is 0 Å². The van der Waals surface area contributed by atoms with Gasteiger partial charge in [0, 0.05) is 23.4 Å². The summed E-state index contributed by atoms with van der Waals surface area (Å²) in [6.45, 7) is 7.01. The first kappa shape index (κ1) is 29.2. The molecule has 0 saturated heterocycles. The molecule has 2 nitrogen and oxygen atoms in total. The van der Waals surface area contributed by atoms with Crippen molar-refractivity contribution in [2.24, 2.45) is 0 Å². The number of carbonyl (C=O) groups is 1. The topological polar surface area (TPSA) is 37.3 Å². The van der Waals surface area contributed by atoms with Crippen LogP contribution in [0.5, 0.6) is 0 Å². The van der Waals surface area contributed by atoms with Crippen molar-refractivity contribution in [3.8, 4) is 0 Å². The first-order valence-electron chi connectivity index (χ1n) is 3.63. The molecule has 0 rings (SSSR count). The van der Waals surface area contributed by atoms with Gasteiger partial charge in [0.15, 0.2) is 0 Å². The summed E-state index contributed by atoms with van der Waals surface area (Å²) in [6.07, 6.45) is 5.07. The molecular weight excluding hydrogens is 258 g/mol. The van der Waals surface area contributed by atoms with Gasteiger partial charge in [-0.05, 0) is 0 Å². The number of carboxylic acids is 1. The van der Waals surface area contributed by atoms with E-state index in [0.29, 0.717) is 0 Å². The number of rotatable bonds is 3. The first-order chi connectivity index (χ1) is 4.65. The van der Waals surface area contributed by atoms with Crippen molar-refractivity contribution in [2.45, 2.75) is 39.5 Å². The van der Waals surface area contributed by atoms with Gasteiger partial charge >= 0.3 is 0 Å². The summed E-state index contributed by atoms with van der Waals surface area (Å²) < 4.78 is 0. The second-order valence-corrected chi connectivity index (χ2v) is 2.08. The molecule has 0 amide bonds. The van der Waals surface area contributed by atoms with Crippen LogP contribution in [0.15, 0.2) is 0 Å². The molecule has 1 N–H and O–H groups in total. The predicted octanol–water partition coefficient (Wildman–Crippen LogP) is 3.33. The van der Waals surface area contributed by atoms with Gasteiger partial charge < -0.3 is 12.0 Å². The van der Waals surface area contributed by atoms with Gasteiger partial charge in [0.2, 0.25) is 0 Å². The number of hydrogen-bond donors (Lipinski definition) is 1. The molecule has 0 spiro atoms. The summed E-state index contributed by atoms with van der Waals surface area (Å²) in [5.74, 6) is -0.833. The van der Waals surface area contributed by atoms with E-state index in [1.807, 2.05) is 0 Å². The minimum absolute atomic E-state index is 0. The van der Waals surface area contributed by atoms with Crippen LogP contribution in [0.2, 0.25) is 0 Å². The zero-order valence-corrected chi connectivity index (χ0v) is 10.6. The molecule has 0 heterocycles. The fourth-order valence-corrected chi connectivity index (χ4v) is 0.427. The molecule has 0 fully saturated rings. The van der Waals surface area contributed by atoms with Crippen LogP contribution in [0.25, 0.3) is 0 Å². The molecular formula is C8H19Cl2NiO2-. The maximum absolute atomic E-state index is 9.00. The van der Waals surface area contributed by atoms with Crippen LogP contribution in [0.1, 0.15) is 39.5 Å². The Morgan fingerprint density at radius 3 is 1.69 bits per heavy atom. The monoisotopic (exact) mass is 275 g/mol. The molecule has 0 aliphatic carbocycles. The summed E-state index contributed by atoms with van der Waals surface area (Å²) in [6, 6.07) is 0. The Bertz CT molecular complexity index is 74.5. The average Bonchev–Trinajstić information content (AvgIpc) is 1.82. The van der Waals surface area contributed by atoms with E-state index in [1.54, 1.807) is 0 Å². The maximum atomic E-state index is 9.00. The summed E-state index contributed by atoms with van der Waals surface area (Å²) >= 11 is 0. The van der Waals surface area contributed by atoms with Gasteiger partial charge in [-0.25, -0.2) is 0 Å². The Morgan fingerprint density at radius 2 is 1.62 bits per heavy atom. The Kier molecular flexibility index (Phi) is 66.0. The standard InChI is InChI=1S/C6H13.C2H4O2.2ClH.Ni/c1-3-5-6-4-2;1-2(3)4;;;/h1,3-6H2,2H3;1H3,(H,3,4);2*1H;/q-1;;;;. The summed E-state index contributed by atoms with van der Waals surface area (Å²) in [5, 5.41) is 7.42. The predicted molar refractivity (Wildman–Crippen MR) is 57.3 cm³/mol. The molecule has 88 valence electrons. The van der Waals surface area contributed by atoms with E-state index in [-0.39, 0.29) is 41.3 Å². The van der Waals surface area contributed by atoms with Crippen molar-refractivity contribution in [3.05, 3.63) is 6.92 Å². The molecule has 0 aliphatic rings.